The highest BCUT2D eigenvalue weighted by Crippen LogP contribution is 2.12. The summed E-state index contributed by atoms with van der Waals surface area (Å²) in [6.45, 7) is 1.67. The molecule has 2 aromatic rings. The van der Waals surface area contributed by atoms with Gasteiger partial charge in [-0.05, 0) is 30.5 Å². The van der Waals surface area contributed by atoms with Crippen LogP contribution in [0.2, 0.25) is 0 Å². The molecule has 1 aromatic carbocycles. The van der Waals surface area contributed by atoms with E-state index in [0.29, 0.717) is 13.2 Å². The van der Waals surface area contributed by atoms with Crippen LogP contribution in [0.5, 0.6) is 0 Å². The molecule has 0 bridgehead atoms. The van der Waals surface area contributed by atoms with Crippen molar-refractivity contribution >= 4 is 16.9 Å². The zero-order valence-electron chi connectivity index (χ0n) is 12.2. The van der Waals surface area contributed by atoms with Crippen molar-refractivity contribution in [2.75, 3.05) is 19.8 Å². The molecule has 1 saturated heterocycles. The first-order valence-corrected chi connectivity index (χ1v) is 7.38. The van der Waals surface area contributed by atoms with Crippen LogP contribution in [0.25, 0.3) is 11.0 Å². The first-order valence-electron chi connectivity index (χ1n) is 7.38. The Labute approximate surface area is 127 Å². The molecule has 3 rings (SSSR count). The van der Waals surface area contributed by atoms with E-state index >= 15 is 0 Å². The Balaban J connectivity index is 1.44. The van der Waals surface area contributed by atoms with Gasteiger partial charge >= 0.3 is 5.69 Å². The van der Waals surface area contributed by atoms with Gasteiger partial charge < -0.3 is 24.8 Å². The molecule has 1 amide bonds. The van der Waals surface area contributed by atoms with Gasteiger partial charge in [0, 0.05) is 13.2 Å². The lowest BCUT2D eigenvalue weighted by Gasteiger charge is -2.10. The lowest BCUT2D eigenvalue weighted by molar-refractivity contribution is -0.127. The monoisotopic (exact) mass is 305 g/mol. The van der Waals surface area contributed by atoms with E-state index in [4.69, 9.17) is 9.47 Å². The third-order valence-electron chi connectivity index (χ3n) is 3.63. The van der Waals surface area contributed by atoms with E-state index in [1.165, 1.54) is 0 Å². The Kier molecular flexibility index (Phi) is 4.55. The highest BCUT2D eigenvalue weighted by Gasteiger charge is 2.15. The molecule has 1 unspecified atom stereocenters. The lowest BCUT2D eigenvalue weighted by Crippen LogP contribution is -2.28. The maximum absolute atomic E-state index is 11.7. The zero-order chi connectivity index (χ0) is 15.4. The summed E-state index contributed by atoms with van der Waals surface area (Å²) >= 11 is 0. The Morgan fingerprint density at radius 2 is 2.23 bits per heavy atom. The summed E-state index contributed by atoms with van der Waals surface area (Å²) in [6, 6.07) is 5.50. The standard InChI is InChI=1S/C15H19N3O4/c19-14(9-21-8-11-2-1-5-22-11)16-7-10-3-4-12-13(6-10)18-15(20)17-12/h3-4,6,11H,1-2,5,7-9H2,(H,16,19)(H2,17,18,20). The normalized spacial score (nSPS) is 17.9. The predicted molar refractivity (Wildman–Crippen MR) is 80.6 cm³/mol. The second-order valence-electron chi connectivity index (χ2n) is 5.39. The molecule has 0 radical (unpaired) electrons. The van der Waals surface area contributed by atoms with Crippen molar-refractivity contribution in [1.29, 1.82) is 0 Å². The minimum Gasteiger partial charge on any atom is -0.376 e. The Bertz CT molecular complexity index is 700. The maximum Gasteiger partial charge on any atom is 0.323 e. The van der Waals surface area contributed by atoms with E-state index in [9.17, 15) is 9.59 Å². The number of aromatic amines is 2. The predicted octanol–water partition coefficient (Wildman–Crippen LogP) is 0.668. The lowest BCUT2D eigenvalue weighted by atomic mass is 10.2. The molecule has 2 heterocycles. The van der Waals surface area contributed by atoms with Crippen LogP contribution in [0.1, 0.15) is 18.4 Å². The first kappa shape index (κ1) is 14.8. The number of fused-ring (bicyclic) bond motifs is 1. The quantitative estimate of drug-likeness (QED) is 0.731. The molecule has 0 saturated carbocycles. The average molecular weight is 305 g/mol. The second kappa shape index (κ2) is 6.76. The third-order valence-corrected chi connectivity index (χ3v) is 3.63. The number of benzene rings is 1. The fourth-order valence-electron chi connectivity index (χ4n) is 2.50. The molecule has 118 valence electrons. The van der Waals surface area contributed by atoms with Crippen molar-refractivity contribution in [1.82, 2.24) is 15.3 Å². The van der Waals surface area contributed by atoms with Crippen LogP contribution < -0.4 is 11.0 Å². The molecule has 1 aromatic heterocycles. The number of imidazole rings is 1. The van der Waals surface area contributed by atoms with Crippen LogP contribution in [0.4, 0.5) is 0 Å². The van der Waals surface area contributed by atoms with Gasteiger partial charge in [0.25, 0.3) is 0 Å². The van der Waals surface area contributed by atoms with Gasteiger partial charge in [-0.2, -0.15) is 0 Å². The molecule has 3 N–H and O–H groups in total. The molecule has 1 fully saturated rings. The number of rotatable bonds is 6. The van der Waals surface area contributed by atoms with E-state index in [-0.39, 0.29) is 24.3 Å². The van der Waals surface area contributed by atoms with E-state index in [2.05, 4.69) is 15.3 Å². The van der Waals surface area contributed by atoms with E-state index in [1.807, 2.05) is 18.2 Å². The summed E-state index contributed by atoms with van der Waals surface area (Å²) in [6.07, 6.45) is 2.18. The third kappa shape index (κ3) is 3.75. The van der Waals surface area contributed by atoms with Gasteiger partial charge in [-0.3, -0.25) is 4.79 Å². The highest BCUT2D eigenvalue weighted by molar-refractivity contribution is 5.78. The summed E-state index contributed by atoms with van der Waals surface area (Å²) in [7, 11) is 0. The maximum atomic E-state index is 11.7. The van der Waals surface area contributed by atoms with Crippen molar-refractivity contribution in [3.8, 4) is 0 Å². The van der Waals surface area contributed by atoms with Gasteiger partial charge in [-0.25, -0.2) is 4.79 Å². The Hall–Kier alpha value is -2.12. The number of nitrogens with one attached hydrogen (secondary N) is 3. The van der Waals surface area contributed by atoms with Gasteiger partial charge in [0.2, 0.25) is 5.91 Å². The van der Waals surface area contributed by atoms with E-state index in [0.717, 1.165) is 36.0 Å². The van der Waals surface area contributed by atoms with E-state index < -0.39 is 0 Å². The first-order chi connectivity index (χ1) is 10.7. The van der Waals surface area contributed by atoms with Gasteiger partial charge in [0.05, 0.1) is 23.7 Å². The van der Waals surface area contributed by atoms with Crippen LogP contribution in [-0.2, 0) is 20.8 Å². The van der Waals surface area contributed by atoms with Crippen LogP contribution >= 0.6 is 0 Å². The molecule has 7 nitrogen and oxygen atoms in total. The van der Waals surface area contributed by atoms with Crippen LogP contribution in [0, 0.1) is 0 Å². The van der Waals surface area contributed by atoms with Gasteiger partial charge in [-0.1, -0.05) is 6.07 Å². The number of hydrogen-bond acceptors (Lipinski definition) is 4. The number of aromatic nitrogens is 2. The minimum atomic E-state index is -0.237. The fourth-order valence-corrected chi connectivity index (χ4v) is 2.50. The largest absolute Gasteiger partial charge is 0.376 e. The molecule has 22 heavy (non-hydrogen) atoms. The van der Waals surface area contributed by atoms with Crippen LogP contribution in [0.15, 0.2) is 23.0 Å². The van der Waals surface area contributed by atoms with Gasteiger partial charge in [0.15, 0.2) is 0 Å². The molecule has 0 spiro atoms. The number of carbonyl (C=O) groups excluding carboxylic acids is 1. The molecule has 7 heteroatoms. The summed E-state index contributed by atoms with van der Waals surface area (Å²) < 4.78 is 10.8. The van der Waals surface area contributed by atoms with Crippen molar-refractivity contribution in [3.05, 3.63) is 34.2 Å². The van der Waals surface area contributed by atoms with E-state index in [1.54, 1.807) is 0 Å². The summed E-state index contributed by atoms with van der Waals surface area (Å²) in [5, 5.41) is 2.79. The number of ether oxygens (including phenoxy) is 2. The van der Waals surface area contributed by atoms with Crippen molar-refractivity contribution in [3.63, 3.8) is 0 Å². The fraction of sp³-hybridized carbons (Fsp3) is 0.467. The van der Waals surface area contributed by atoms with Crippen molar-refractivity contribution in [2.24, 2.45) is 0 Å². The SMILES string of the molecule is O=C(COCC1CCCO1)NCc1ccc2[nH]c(=O)[nH]c2c1. The summed E-state index contributed by atoms with van der Waals surface area (Å²) in [4.78, 5) is 28.3. The molecular formula is C15H19N3O4. The molecule has 0 aliphatic carbocycles. The van der Waals surface area contributed by atoms with Gasteiger partial charge in [0.1, 0.15) is 6.61 Å². The van der Waals surface area contributed by atoms with Crippen molar-refractivity contribution < 1.29 is 14.3 Å². The smallest absolute Gasteiger partial charge is 0.323 e. The van der Waals surface area contributed by atoms with Crippen molar-refractivity contribution in [2.45, 2.75) is 25.5 Å². The summed E-state index contributed by atoms with van der Waals surface area (Å²) in [5.74, 6) is -0.166. The number of H-pyrrole nitrogens is 2. The van der Waals surface area contributed by atoms with Crippen LogP contribution in [0.3, 0.4) is 0 Å². The number of carbonyl (C=O) groups is 1. The zero-order valence-corrected chi connectivity index (χ0v) is 12.2. The van der Waals surface area contributed by atoms with Gasteiger partial charge in [-0.15, -0.1) is 0 Å². The van der Waals surface area contributed by atoms with Crippen LogP contribution in [-0.4, -0.2) is 41.8 Å². The number of hydrogen-bond donors (Lipinski definition) is 3. The molecular weight excluding hydrogens is 286 g/mol. The second-order valence-corrected chi connectivity index (χ2v) is 5.39. The topological polar surface area (TPSA) is 96.2 Å². The number of amides is 1. The Morgan fingerprint density at radius 1 is 1.36 bits per heavy atom. The summed E-state index contributed by atoms with van der Waals surface area (Å²) in [5.41, 5.74) is 2.15. The molecule has 1 atom stereocenters. The molecule has 1 aliphatic heterocycles. The highest BCUT2D eigenvalue weighted by atomic mass is 16.5. The average Bonchev–Trinajstić information content (AvgIpc) is 3.12. The molecule has 1 aliphatic rings. The minimum absolute atomic E-state index is 0.0308. The Morgan fingerprint density at radius 3 is 3.05 bits per heavy atom.